The van der Waals surface area contributed by atoms with Crippen LogP contribution in [0.3, 0.4) is 0 Å². The number of hydrazone groups is 1. The summed E-state index contributed by atoms with van der Waals surface area (Å²) >= 11 is 0. The van der Waals surface area contributed by atoms with E-state index in [9.17, 15) is 9.59 Å². The van der Waals surface area contributed by atoms with E-state index < -0.39 is 0 Å². The molecule has 0 spiro atoms. The van der Waals surface area contributed by atoms with Crippen molar-refractivity contribution in [2.75, 3.05) is 5.32 Å². The van der Waals surface area contributed by atoms with E-state index >= 15 is 0 Å². The third-order valence-electron chi connectivity index (χ3n) is 4.02. The molecule has 136 valence electrons. The lowest BCUT2D eigenvalue weighted by Crippen LogP contribution is -2.21. The van der Waals surface area contributed by atoms with Crippen molar-refractivity contribution in [2.45, 2.75) is 41.0 Å². The molecule has 0 aromatic heterocycles. The zero-order valence-corrected chi connectivity index (χ0v) is 15.9. The van der Waals surface area contributed by atoms with Crippen molar-refractivity contribution in [1.29, 1.82) is 0 Å². The molecule has 0 unspecified atom stereocenters. The second-order valence-corrected chi connectivity index (χ2v) is 6.65. The molecule has 2 aromatic rings. The van der Waals surface area contributed by atoms with Gasteiger partial charge in [-0.2, -0.15) is 5.10 Å². The fourth-order valence-electron chi connectivity index (χ4n) is 2.75. The summed E-state index contributed by atoms with van der Waals surface area (Å²) in [5.41, 5.74) is 8.68. The van der Waals surface area contributed by atoms with Crippen LogP contribution in [0.5, 0.6) is 0 Å². The van der Waals surface area contributed by atoms with Crippen molar-refractivity contribution < 1.29 is 9.59 Å². The van der Waals surface area contributed by atoms with Crippen molar-refractivity contribution in [3.63, 3.8) is 0 Å². The first kappa shape index (κ1) is 19.4. The number of benzene rings is 2. The van der Waals surface area contributed by atoms with Gasteiger partial charge in [0.15, 0.2) is 0 Å². The average molecular weight is 351 g/mol. The molecule has 0 aliphatic heterocycles. The molecule has 0 saturated heterocycles. The van der Waals surface area contributed by atoms with Crippen molar-refractivity contribution in [3.8, 4) is 0 Å². The zero-order valence-electron chi connectivity index (χ0n) is 15.9. The maximum absolute atomic E-state index is 12.3. The van der Waals surface area contributed by atoms with Gasteiger partial charge in [-0.3, -0.25) is 9.59 Å². The quantitative estimate of drug-likeness (QED) is 0.630. The minimum absolute atomic E-state index is 0.112. The molecule has 0 aliphatic carbocycles. The first-order chi connectivity index (χ1) is 12.3. The molecule has 0 heterocycles. The van der Waals surface area contributed by atoms with Crippen LogP contribution in [0.25, 0.3) is 0 Å². The molecule has 0 saturated carbocycles. The zero-order chi connectivity index (χ0) is 19.3. The smallest absolute Gasteiger partial charge is 0.271 e. The predicted octanol–water partition coefficient (Wildman–Crippen LogP) is 4.05. The average Bonchev–Trinajstić information content (AvgIpc) is 2.56. The number of carbonyl (C=O) groups is 2. The van der Waals surface area contributed by atoms with E-state index in [-0.39, 0.29) is 18.2 Å². The van der Waals surface area contributed by atoms with Gasteiger partial charge in [-0.05, 0) is 57.9 Å². The Labute approximate surface area is 154 Å². The minimum atomic E-state index is -0.296. The van der Waals surface area contributed by atoms with E-state index in [1.165, 1.54) is 0 Å². The second-order valence-electron chi connectivity index (χ2n) is 6.65. The Kier molecular flexibility index (Phi) is 6.28. The molecule has 0 fully saturated rings. The number of anilines is 1. The number of carbonyl (C=O) groups excluding carboxylic acids is 2. The van der Waals surface area contributed by atoms with E-state index in [2.05, 4.69) is 15.8 Å². The maximum atomic E-state index is 12.3. The number of nitrogens with zero attached hydrogens (tertiary/aromatic N) is 1. The summed E-state index contributed by atoms with van der Waals surface area (Å²) < 4.78 is 0. The summed E-state index contributed by atoms with van der Waals surface area (Å²) in [5.74, 6) is -0.458. The van der Waals surface area contributed by atoms with Gasteiger partial charge in [0.25, 0.3) is 5.91 Å². The second kappa shape index (κ2) is 8.43. The number of nitrogens with one attached hydrogen (secondary N) is 2. The molecule has 0 radical (unpaired) electrons. The van der Waals surface area contributed by atoms with Gasteiger partial charge in [0, 0.05) is 17.0 Å². The summed E-state index contributed by atoms with van der Waals surface area (Å²) in [6, 6.07) is 11.3. The summed E-state index contributed by atoms with van der Waals surface area (Å²) in [6.45, 7) is 9.64. The molecule has 5 heteroatoms. The Bertz CT molecular complexity index is 829. The molecule has 2 aromatic carbocycles. The van der Waals surface area contributed by atoms with Crippen LogP contribution in [0.1, 0.15) is 46.0 Å². The topological polar surface area (TPSA) is 70.6 Å². The fourth-order valence-corrected chi connectivity index (χ4v) is 2.75. The number of amides is 2. The summed E-state index contributed by atoms with van der Waals surface area (Å²) in [7, 11) is 0. The van der Waals surface area contributed by atoms with E-state index in [1.54, 1.807) is 19.1 Å². The molecule has 0 bridgehead atoms. The summed E-state index contributed by atoms with van der Waals surface area (Å²) in [6.07, 6.45) is 0.112. The molecular formula is C21H25N3O2. The highest BCUT2D eigenvalue weighted by molar-refractivity contribution is 6.06. The Morgan fingerprint density at radius 2 is 1.50 bits per heavy atom. The van der Waals surface area contributed by atoms with Gasteiger partial charge in [-0.25, -0.2) is 5.43 Å². The first-order valence-electron chi connectivity index (χ1n) is 8.54. The van der Waals surface area contributed by atoms with Gasteiger partial charge in [-0.1, -0.05) is 35.4 Å². The first-order valence-corrected chi connectivity index (χ1v) is 8.54. The third kappa shape index (κ3) is 5.28. The Morgan fingerprint density at radius 1 is 0.923 bits per heavy atom. The normalized spacial score (nSPS) is 11.2. The molecule has 0 atom stereocenters. The number of hydrogen-bond donors (Lipinski definition) is 2. The summed E-state index contributed by atoms with van der Waals surface area (Å²) in [5, 5.41) is 6.95. The lowest BCUT2D eigenvalue weighted by Gasteiger charge is -2.12. The van der Waals surface area contributed by atoms with Crippen LogP contribution in [0.2, 0.25) is 0 Å². The molecule has 5 nitrogen and oxygen atoms in total. The number of rotatable bonds is 5. The van der Waals surface area contributed by atoms with Gasteiger partial charge >= 0.3 is 0 Å². The van der Waals surface area contributed by atoms with Crippen LogP contribution < -0.4 is 10.7 Å². The Balaban J connectivity index is 1.95. The van der Waals surface area contributed by atoms with Crippen molar-refractivity contribution in [2.24, 2.45) is 5.10 Å². The van der Waals surface area contributed by atoms with E-state index in [4.69, 9.17) is 0 Å². The lowest BCUT2D eigenvalue weighted by atomic mass is 10.0. The standard InChI is InChI=1S/C21H25N3O2/c1-13-6-8-18(9-7-13)21(26)24-23-17(5)12-19(25)22-20-15(3)10-14(2)11-16(20)4/h6-11H,12H2,1-5H3,(H,22,25)(H,24,26)/b23-17+. The molecular weight excluding hydrogens is 326 g/mol. The third-order valence-corrected chi connectivity index (χ3v) is 4.02. The summed E-state index contributed by atoms with van der Waals surface area (Å²) in [4.78, 5) is 24.3. The van der Waals surface area contributed by atoms with Crippen LogP contribution in [0, 0.1) is 27.7 Å². The molecule has 26 heavy (non-hydrogen) atoms. The molecule has 2 N–H and O–H groups in total. The lowest BCUT2D eigenvalue weighted by molar-refractivity contribution is -0.115. The van der Waals surface area contributed by atoms with Crippen molar-refractivity contribution in [3.05, 3.63) is 64.2 Å². The number of hydrogen-bond acceptors (Lipinski definition) is 3. The minimum Gasteiger partial charge on any atom is -0.325 e. The number of aryl methyl sites for hydroxylation is 4. The van der Waals surface area contributed by atoms with Gasteiger partial charge in [0.1, 0.15) is 0 Å². The van der Waals surface area contributed by atoms with Crippen LogP contribution in [-0.2, 0) is 4.79 Å². The monoisotopic (exact) mass is 351 g/mol. The Hall–Kier alpha value is -2.95. The highest BCUT2D eigenvalue weighted by Crippen LogP contribution is 2.22. The molecule has 2 amide bonds. The fraction of sp³-hybridized carbons (Fsp3) is 0.286. The maximum Gasteiger partial charge on any atom is 0.271 e. The SMILES string of the molecule is C/C(CC(=O)Nc1c(C)cc(C)cc1C)=N\NC(=O)c1ccc(C)cc1. The van der Waals surface area contributed by atoms with Crippen LogP contribution in [0.15, 0.2) is 41.5 Å². The largest absolute Gasteiger partial charge is 0.325 e. The van der Waals surface area contributed by atoms with Crippen LogP contribution >= 0.6 is 0 Å². The predicted molar refractivity (Wildman–Crippen MR) is 106 cm³/mol. The highest BCUT2D eigenvalue weighted by Gasteiger charge is 2.10. The van der Waals surface area contributed by atoms with Gasteiger partial charge in [0.05, 0.1) is 6.42 Å². The van der Waals surface area contributed by atoms with Gasteiger partial charge in [-0.15, -0.1) is 0 Å². The van der Waals surface area contributed by atoms with Gasteiger partial charge in [0.2, 0.25) is 5.91 Å². The Morgan fingerprint density at radius 3 is 2.08 bits per heavy atom. The highest BCUT2D eigenvalue weighted by atomic mass is 16.2. The van der Waals surface area contributed by atoms with Crippen LogP contribution in [-0.4, -0.2) is 17.5 Å². The van der Waals surface area contributed by atoms with E-state index in [1.807, 2.05) is 52.0 Å². The van der Waals surface area contributed by atoms with Gasteiger partial charge < -0.3 is 5.32 Å². The van der Waals surface area contributed by atoms with Crippen molar-refractivity contribution in [1.82, 2.24) is 5.43 Å². The molecule has 2 rings (SSSR count). The molecule has 0 aliphatic rings. The van der Waals surface area contributed by atoms with Crippen molar-refractivity contribution >= 4 is 23.2 Å². The van der Waals surface area contributed by atoms with E-state index in [0.29, 0.717) is 11.3 Å². The van der Waals surface area contributed by atoms with E-state index in [0.717, 1.165) is 27.9 Å². The van der Waals surface area contributed by atoms with Crippen LogP contribution in [0.4, 0.5) is 5.69 Å².